The topological polar surface area (TPSA) is 58.3 Å². The second-order valence-corrected chi connectivity index (χ2v) is 7.60. The molecule has 4 fully saturated rings. The molecule has 0 spiro atoms. The highest BCUT2D eigenvalue weighted by Gasteiger charge is 2.54. The van der Waals surface area contributed by atoms with Gasteiger partial charge in [-0.25, -0.2) is 13.8 Å². The maximum absolute atomic E-state index is 13.9. The third kappa shape index (κ3) is 2.45. The lowest BCUT2D eigenvalue weighted by Crippen LogP contribution is -2.60. The molecule has 2 N–H and O–H groups in total. The molecule has 2 aromatic rings. The molecule has 4 aliphatic heterocycles. The van der Waals surface area contributed by atoms with Gasteiger partial charge in [0.1, 0.15) is 17.5 Å². The van der Waals surface area contributed by atoms with Crippen LogP contribution in [0.4, 0.5) is 20.5 Å². The van der Waals surface area contributed by atoms with Gasteiger partial charge in [-0.2, -0.15) is 4.98 Å². The molecule has 136 valence electrons. The number of nitrogens with zero attached hydrogens (tertiary/aromatic N) is 4. The molecule has 0 aliphatic carbocycles. The highest BCUT2D eigenvalue weighted by atomic mass is 19.1. The zero-order valence-electron chi connectivity index (χ0n) is 14.4. The Labute approximate surface area is 150 Å². The lowest BCUT2D eigenvalue weighted by atomic mass is 9.75. The van der Waals surface area contributed by atoms with Crippen LogP contribution in [0.25, 0.3) is 0 Å². The van der Waals surface area contributed by atoms with Gasteiger partial charge in [0.2, 0.25) is 5.95 Å². The van der Waals surface area contributed by atoms with Crippen molar-refractivity contribution < 1.29 is 8.78 Å². The van der Waals surface area contributed by atoms with Crippen LogP contribution in [0.2, 0.25) is 0 Å². The molecule has 0 saturated carbocycles. The summed E-state index contributed by atoms with van der Waals surface area (Å²) in [6.07, 6.45) is 3.96. The van der Waals surface area contributed by atoms with Gasteiger partial charge < -0.3 is 10.6 Å². The van der Waals surface area contributed by atoms with Crippen molar-refractivity contribution in [1.29, 1.82) is 0 Å². The zero-order valence-corrected chi connectivity index (χ0v) is 14.4. The number of anilines is 2. The molecule has 0 radical (unpaired) electrons. The van der Waals surface area contributed by atoms with E-state index >= 15 is 0 Å². The van der Waals surface area contributed by atoms with E-state index in [4.69, 9.17) is 5.73 Å². The number of halogens is 2. The molecule has 3 atom stereocenters. The largest absolute Gasteiger partial charge is 0.384 e. The summed E-state index contributed by atoms with van der Waals surface area (Å²) in [6.45, 7) is 2.74. The van der Waals surface area contributed by atoms with Gasteiger partial charge in [-0.1, -0.05) is 0 Å². The van der Waals surface area contributed by atoms with Crippen LogP contribution in [-0.2, 0) is 0 Å². The predicted molar refractivity (Wildman–Crippen MR) is 94.8 cm³/mol. The Morgan fingerprint density at radius 2 is 1.77 bits per heavy atom. The summed E-state index contributed by atoms with van der Waals surface area (Å²) in [5.74, 6) is 0.593. The molecule has 6 rings (SSSR count). The molecule has 2 bridgehead atoms. The van der Waals surface area contributed by atoms with Crippen molar-refractivity contribution in [1.82, 2.24) is 14.9 Å². The van der Waals surface area contributed by atoms with Gasteiger partial charge in [0.25, 0.3) is 0 Å². The van der Waals surface area contributed by atoms with Gasteiger partial charge in [-0.05, 0) is 55.6 Å². The quantitative estimate of drug-likeness (QED) is 0.894. The molecule has 0 unspecified atom stereocenters. The number of hydrogen-bond donors (Lipinski definition) is 1. The van der Waals surface area contributed by atoms with Crippen LogP contribution < -0.4 is 10.6 Å². The van der Waals surface area contributed by atoms with Crippen molar-refractivity contribution >= 4 is 11.8 Å². The van der Waals surface area contributed by atoms with Gasteiger partial charge in [-0.15, -0.1) is 0 Å². The van der Waals surface area contributed by atoms with E-state index < -0.39 is 11.6 Å². The van der Waals surface area contributed by atoms with Gasteiger partial charge >= 0.3 is 0 Å². The van der Waals surface area contributed by atoms with E-state index in [0.717, 1.165) is 37.6 Å². The summed E-state index contributed by atoms with van der Waals surface area (Å²) in [6, 6.07) is 6.04. The van der Waals surface area contributed by atoms with Crippen molar-refractivity contribution in [3.05, 3.63) is 47.7 Å². The van der Waals surface area contributed by atoms with Gasteiger partial charge in [0.15, 0.2) is 0 Å². The fourth-order valence-electron chi connectivity index (χ4n) is 5.23. The minimum Gasteiger partial charge on any atom is -0.384 e. The molecule has 26 heavy (non-hydrogen) atoms. The number of nitrogens with two attached hydrogens (primary N) is 1. The molecule has 5 heterocycles. The normalized spacial score (nSPS) is 32.7. The number of fused-ring (bicyclic) bond motifs is 2. The van der Waals surface area contributed by atoms with Crippen LogP contribution in [0.5, 0.6) is 0 Å². The smallest absolute Gasteiger partial charge is 0.227 e. The summed E-state index contributed by atoms with van der Waals surface area (Å²) in [5, 5.41) is 0. The van der Waals surface area contributed by atoms with Crippen molar-refractivity contribution in [3.8, 4) is 0 Å². The van der Waals surface area contributed by atoms with E-state index in [9.17, 15) is 8.78 Å². The number of nitrogen functional groups attached to an aromatic ring is 1. The summed E-state index contributed by atoms with van der Waals surface area (Å²) >= 11 is 0. The van der Waals surface area contributed by atoms with Gasteiger partial charge in [0, 0.05) is 30.8 Å². The predicted octanol–water partition coefficient (Wildman–Crippen LogP) is 2.40. The number of rotatable bonds is 2. The first-order valence-corrected chi connectivity index (χ1v) is 9.15. The molecular formula is C19H21F2N5. The molecule has 4 aliphatic rings. The SMILES string of the molecule is Nc1ccnc(N2C[C@H](c3cc(F)cc(F)c3)[C@H]3[C@@H]2C2CCN3CC2)n1. The summed E-state index contributed by atoms with van der Waals surface area (Å²) in [7, 11) is 0. The van der Waals surface area contributed by atoms with Crippen LogP contribution in [0.3, 0.4) is 0 Å². The maximum Gasteiger partial charge on any atom is 0.227 e. The molecule has 5 nitrogen and oxygen atoms in total. The third-order valence-corrected chi connectivity index (χ3v) is 6.23. The Kier molecular flexibility index (Phi) is 3.60. The van der Waals surface area contributed by atoms with E-state index in [-0.39, 0.29) is 18.0 Å². The monoisotopic (exact) mass is 357 g/mol. The van der Waals surface area contributed by atoms with E-state index in [1.807, 2.05) is 0 Å². The van der Waals surface area contributed by atoms with Crippen molar-refractivity contribution in [2.24, 2.45) is 5.92 Å². The third-order valence-electron chi connectivity index (χ3n) is 6.23. The Bertz CT molecular complexity index is 816. The Balaban J connectivity index is 1.58. The molecule has 1 aromatic heterocycles. The van der Waals surface area contributed by atoms with Gasteiger partial charge in [-0.3, -0.25) is 4.90 Å². The minimum absolute atomic E-state index is 0.0262. The first-order chi connectivity index (χ1) is 12.6. The summed E-state index contributed by atoms with van der Waals surface area (Å²) in [4.78, 5) is 13.5. The first-order valence-electron chi connectivity index (χ1n) is 9.15. The molecule has 1 aromatic carbocycles. The van der Waals surface area contributed by atoms with Crippen LogP contribution in [0, 0.1) is 17.6 Å². The van der Waals surface area contributed by atoms with Crippen molar-refractivity contribution in [3.63, 3.8) is 0 Å². The second kappa shape index (κ2) is 5.87. The average molecular weight is 357 g/mol. The summed E-state index contributed by atoms with van der Waals surface area (Å²) in [5.41, 5.74) is 6.59. The van der Waals surface area contributed by atoms with E-state index in [1.54, 1.807) is 12.3 Å². The Morgan fingerprint density at radius 1 is 1.04 bits per heavy atom. The van der Waals surface area contributed by atoms with Crippen LogP contribution in [0.1, 0.15) is 24.3 Å². The van der Waals surface area contributed by atoms with E-state index in [0.29, 0.717) is 24.2 Å². The standard InChI is InChI=1S/C19H21F2N5/c20-13-7-12(8-14(21)9-13)15-10-26(19-23-4-1-16(22)24-19)17-11-2-5-25(6-3-11)18(15)17/h1,4,7-9,11,15,17-18H,2-3,5-6,10H2,(H2,22,23,24)/t15-,17+,18+/m1/s1. The molecule has 0 amide bonds. The lowest BCUT2D eigenvalue weighted by Gasteiger charge is -2.51. The first kappa shape index (κ1) is 15.9. The fourth-order valence-corrected chi connectivity index (χ4v) is 5.23. The number of benzene rings is 1. The Morgan fingerprint density at radius 3 is 2.46 bits per heavy atom. The van der Waals surface area contributed by atoms with Crippen molar-refractivity contribution in [2.75, 3.05) is 30.3 Å². The highest BCUT2D eigenvalue weighted by Crippen LogP contribution is 2.47. The highest BCUT2D eigenvalue weighted by molar-refractivity contribution is 5.45. The van der Waals surface area contributed by atoms with E-state index in [1.165, 1.54) is 12.1 Å². The Hall–Kier alpha value is -2.28. The average Bonchev–Trinajstić information content (AvgIpc) is 3.05. The van der Waals surface area contributed by atoms with E-state index in [2.05, 4.69) is 19.8 Å². The van der Waals surface area contributed by atoms with Gasteiger partial charge in [0.05, 0.1) is 6.04 Å². The molecule has 7 heteroatoms. The fraction of sp³-hybridized carbons (Fsp3) is 0.474. The molecular weight excluding hydrogens is 336 g/mol. The number of piperidine rings is 3. The zero-order chi connectivity index (χ0) is 17.8. The summed E-state index contributed by atoms with van der Waals surface area (Å²) < 4.78 is 27.7. The number of aromatic nitrogens is 2. The van der Waals surface area contributed by atoms with Crippen LogP contribution >= 0.6 is 0 Å². The molecule has 4 saturated heterocycles. The minimum atomic E-state index is -0.522. The van der Waals surface area contributed by atoms with Crippen LogP contribution in [0.15, 0.2) is 30.5 Å². The maximum atomic E-state index is 13.9. The van der Waals surface area contributed by atoms with Crippen LogP contribution in [-0.4, -0.2) is 46.6 Å². The number of hydrogen-bond acceptors (Lipinski definition) is 5. The lowest BCUT2D eigenvalue weighted by molar-refractivity contribution is 0.0352. The second-order valence-electron chi connectivity index (χ2n) is 7.60. The van der Waals surface area contributed by atoms with Crippen molar-refractivity contribution in [2.45, 2.75) is 30.8 Å².